The van der Waals surface area contributed by atoms with E-state index in [1.54, 1.807) is 12.1 Å². The number of hydrogen-bond donors (Lipinski definition) is 2. The number of rotatable bonds is 2. The van der Waals surface area contributed by atoms with Gasteiger partial charge < -0.3 is 11.5 Å². The third-order valence-corrected chi connectivity index (χ3v) is 2.21. The smallest absolute Gasteiger partial charge is 0.267 e. The van der Waals surface area contributed by atoms with Crippen LogP contribution in [0.5, 0.6) is 0 Å². The van der Waals surface area contributed by atoms with Crippen LogP contribution >= 0.6 is 11.6 Å². The largest absolute Gasteiger partial charge is 0.381 e. The lowest BCUT2D eigenvalue weighted by Crippen LogP contribution is -2.14. The van der Waals surface area contributed by atoms with Gasteiger partial charge in [-0.05, 0) is 12.1 Å². The van der Waals surface area contributed by atoms with Crippen LogP contribution in [0.3, 0.4) is 0 Å². The Bertz CT molecular complexity index is 531. The molecule has 0 aliphatic rings. The van der Waals surface area contributed by atoms with Gasteiger partial charge in [-0.3, -0.25) is 4.79 Å². The lowest BCUT2D eigenvalue weighted by Gasteiger charge is -2.00. The fraction of sp³-hybridized carbons (Fsp3) is 0. The molecule has 6 nitrogen and oxygen atoms in total. The maximum Gasteiger partial charge on any atom is 0.267 e. The van der Waals surface area contributed by atoms with Crippen molar-refractivity contribution in [3.05, 3.63) is 35.1 Å². The van der Waals surface area contributed by atoms with Gasteiger partial charge in [-0.1, -0.05) is 17.7 Å². The standard InChI is InChI=1S/C9H8ClN5O/c10-5-4-15(14-8(5)11)7-3-1-2-6(13-7)9(12)16/h1-4H,(H2,11,14)(H2,12,16). The minimum absolute atomic E-state index is 0.155. The molecule has 0 atom stereocenters. The van der Waals surface area contributed by atoms with Crippen molar-refractivity contribution < 1.29 is 4.79 Å². The van der Waals surface area contributed by atoms with Crippen LogP contribution in [0, 0.1) is 0 Å². The van der Waals surface area contributed by atoms with Gasteiger partial charge >= 0.3 is 0 Å². The maximum absolute atomic E-state index is 10.9. The van der Waals surface area contributed by atoms with Gasteiger partial charge in [0.15, 0.2) is 11.6 Å². The maximum atomic E-state index is 10.9. The highest BCUT2D eigenvalue weighted by atomic mass is 35.5. The molecule has 0 fully saturated rings. The van der Waals surface area contributed by atoms with Crippen molar-refractivity contribution in [2.45, 2.75) is 0 Å². The van der Waals surface area contributed by atoms with Gasteiger partial charge in [0.1, 0.15) is 10.7 Å². The van der Waals surface area contributed by atoms with Crippen LogP contribution in [0.25, 0.3) is 5.82 Å². The van der Waals surface area contributed by atoms with Crippen molar-refractivity contribution in [2.24, 2.45) is 5.73 Å². The second kappa shape index (κ2) is 3.82. The van der Waals surface area contributed by atoms with Crippen LogP contribution in [-0.4, -0.2) is 20.7 Å². The first-order chi connectivity index (χ1) is 7.58. The minimum atomic E-state index is -0.604. The molecule has 7 heteroatoms. The molecule has 2 rings (SSSR count). The normalized spacial score (nSPS) is 10.3. The molecule has 0 spiro atoms. The van der Waals surface area contributed by atoms with E-state index in [1.807, 2.05) is 0 Å². The average Bonchev–Trinajstić information content (AvgIpc) is 2.59. The molecule has 82 valence electrons. The number of amides is 1. The molecule has 0 saturated carbocycles. The predicted molar refractivity (Wildman–Crippen MR) is 59.3 cm³/mol. The molecule has 0 unspecified atom stereocenters. The van der Waals surface area contributed by atoms with Gasteiger partial charge in [-0.2, -0.15) is 0 Å². The first-order valence-corrected chi connectivity index (χ1v) is 4.73. The van der Waals surface area contributed by atoms with E-state index in [-0.39, 0.29) is 11.5 Å². The van der Waals surface area contributed by atoms with Crippen LogP contribution in [0.2, 0.25) is 5.02 Å². The van der Waals surface area contributed by atoms with Crippen molar-refractivity contribution in [1.82, 2.24) is 14.8 Å². The number of hydrogen-bond acceptors (Lipinski definition) is 4. The van der Waals surface area contributed by atoms with E-state index < -0.39 is 5.91 Å². The summed E-state index contributed by atoms with van der Waals surface area (Å²) < 4.78 is 1.38. The number of nitrogen functional groups attached to an aromatic ring is 1. The summed E-state index contributed by atoms with van der Waals surface area (Å²) in [4.78, 5) is 14.9. The Morgan fingerprint density at radius 1 is 1.44 bits per heavy atom. The molecule has 0 aromatic carbocycles. The van der Waals surface area contributed by atoms with Gasteiger partial charge in [0.2, 0.25) is 0 Å². The Morgan fingerprint density at radius 2 is 2.19 bits per heavy atom. The zero-order valence-electron chi connectivity index (χ0n) is 8.09. The quantitative estimate of drug-likeness (QED) is 0.799. The number of aromatic nitrogens is 3. The van der Waals surface area contributed by atoms with Crippen LogP contribution in [0.15, 0.2) is 24.4 Å². The fourth-order valence-corrected chi connectivity index (χ4v) is 1.30. The van der Waals surface area contributed by atoms with E-state index in [9.17, 15) is 4.79 Å². The van der Waals surface area contributed by atoms with E-state index in [2.05, 4.69) is 10.1 Å². The first kappa shape index (κ1) is 10.4. The van der Waals surface area contributed by atoms with Gasteiger partial charge in [0.05, 0.1) is 6.20 Å². The monoisotopic (exact) mass is 237 g/mol. The Kier molecular flexibility index (Phi) is 2.49. The second-order valence-electron chi connectivity index (χ2n) is 3.05. The number of pyridine rings is 1. The third-order valence-electron chi connectivity index (χ3n) is 1.92. The molecular weight excluding hydrogens is 230 g/mol. The molecule has 2 aromatic heterocycles. The summed E-state index contributed by atoms with van der Waals surface area (Å²) in [6.07, 6.45) is 1.50. The first-order valence-electron chi connectivity index (χ1n) is 4.36. The van der Waals surface area contributed by atoms with Crippen LogP contribution in [0.1, 0.15) is 10.5 Å². The lowest BCUT2D eigenvalue weighted by molar-refractivity contribution is 0.0995. The zero-order valence-corrected chi connectivity index (χ0v) is 8.85. The van der Waals surface area contributed by atoms with Crippen LogP contribution < -0.4 is 11.5 Å². The summed E-state index contributed by atoms with van der Waals surface area (Å²) in [7, 11) is 0. The lowest BCUT2D eigenvalue weighted by atomic mass is 10.3. The summed E-state index contributed by atoms with van der Waals surface area (Å²) in [5, 5.41) is 4.25. The molecular formula is C9H8ClN5O. The molecule has 4 N–H and O–H groups in total. The van der Waals surface area contributed by atoms with Crippen LogP contribution in [-0.2, 0) is 0 Å². The zero-order chi connectivity index (χ0) is 11.7. The van der Waals surface area contributed by atoms with Crippen molar-refractivity contribution >= 4 is 23.3 Å². The number of nitrogens with two attached hydrogens (primary N) is 2. The fourth-order valence-electron chi connectivity index (χ4n) is 1.17. The van der Waals surface area contributed by atoms with E-state index in [0.717, 1.165) is 0 Å². The number of carbonyl (C=O) groups is 1. The Balaban J connectivity index is 2.48. The molecule has 16 heavy (non-hydrogen) atoms. The molecule has 0 aliphatic carbocycles. The van der Waals surface area contributed by atoms with E-state index >= 15 is 0 Å². The summed E-state index contributed by atoms with van der Waals surface area (Å²) in [6, 6.07) is 4.82. The number of carbonyl (C=O) groups excluding carboxylic acids is 1. The van der Waals surface area contributed by atoms with Gasteiger partial charge in [0, 0.05) is 0 Å². The second-order valence-corrected chi connectivity index (χ2v) is 3.46. The molecule has 0 aliphatic heterocycles. The third kappa shape index (κ3) is 1.82. The van der Waals surface area contributed by atoms with Crippen LogP contribution in [0.4, 0.5) is 5.82 Å². The summed E-state index contributed by atoms with van der Waals surface area (Å²) >= 11 is 5.75. The molecule has 2 aromatic rings. The predicted octanol–water partition coefficient (Wildman–Crippen LogP) is 0.602. The Morgan fingerprint density at radius 3 is 2.75 bits per heavy atom. The number of halogens is 1. The van der Waals surface area contributed by atoms with Gasteiger partial charge in [-0.25, -0.2) is 9.67 Å². The van der Waals surface area contributed by atoms with Gasteiger partial charge in [-0.15, -0.1) is 5.10 Å². The van der Waals surface area contributed by atoms with Gasteiger partial charge in [0.25, 0.3) is 5.91 Å². The topological polar surface area (TPSA) is 99.8 Å². The Hall–Kier alpha value is -2.08. The minimum Gasteiger partial charge on any atom is -0.381 e. The summed E-state index contributed by atoms with van der Waals surface area (Å²) in [5.74, 6) is 0.0240. The van der Waals surface area contributed by atoms with Crippen molar-refractivity contribution in [2.75, 3.05) is 5.73 Å². The highest BCUT2D eigenvalue weighted by Crippen LogP contribution is 2.17. The van der Waals surface area contributed by atoms with Crippen molar-refractivity contribution in [3.8, 4) is 5.82 Å². The molecule has 0 bridgehead atoms. The molecule has 0 radical (unpaired) electrons. The van der Waals surface area contributed by atoms with E-state index in [4.69, 9.17) is 23.1 Å². The number of anilines is 1. The molecule has 1 amide bonds. The van der Waals surface area contributed by atoms with Crippen molar-refractivity contribution in [1.29, 1.82) is 0 Å². The highest BCUT2D eigenvalue weighted by molar-refractivity contribution is 6.32. The van der Waals surface area contributed by atoms with Crippen molar-refractivity contribution in [3.63, 3.8) is 0 Å². The molecule has 0 saturated heterocycles. The van der Waals surface area contributed by atoms with E-state index in [0.29, 0.717) is 10.8 Å². The number of nitrogens with zero attached hydrogens (tertiary/aromatic N) is 3. The highest BCUT2D eigenvalue weighted by Gasteiger charge is 2.08. The average molecular weight is 238 g/mol. The summed E-state index contributed by atoms with van der Waals surface area (Å²) in [5.41, 5.74) is 10.8. The summed E-state index contributed by atoms with van der Waals surface area (Å²) in [6.45, 7) is 0. The molecule has 2 heterocycles. The Labute approximate surface area is 95.8 Å². The number of primary amides is 1. The SMILES string of the molecule is NC(=O)c1cccc(-n2cc(Cl)c(N)n2)n1. The van der Waals surface area contributed by atoms with E-state index in [1.165, 1.54) is 16.9 Å².